The molecule has 6 heteroatoms. The lowest BCUT2D eigenvalue weighted by atomic mass is 10.2. The number of benzene rings is 1. The molecule has 0 bridgehead atoms. The normalized spacial score (nSPS) is 17.9. The van der Waals surface area contributed by atoms with Crippen LogP contribution in [0.2, 0.25) is 5.02 Å². The highest BCUT2D eigenvalue weighted by Gasteiger charge is 2.26. The van der Waals surface area contributed by atoms with E-state index in [1.165, 1.54) is 0 Å². The monoisotopic (exact) mass is 355 g/mol. The molecule has 1 saturated heterocycles. The summed E-state index contributed by atoms with van der Waals surface area (Å²) < 4.78 is 7.81. The molecule has 1 aliphatic heterocycles. The standard InChI is InChI=1S/C19H18ClN3O2/c20-14-3-4-16-17(11-14)21-7-5-18(16)25-15-6-10-22(12-15)13-19(24)23-8-1-2-9-23/h1-5,7-9,11,15H,6,10,12-13H2. The van der Waals surface area contributed by atoms with Gasteiger partial charge in [-0.3, -0.25) is 19.2 Å². The molecule has 1 unspecified atom stereocenters. The summed E-state index contributed by atoms with van der Waals surface area (Å²) in [5.74, 6) is 0.889. The van der Waals surface area contributed by atoms with Crippen molar-refractivity contribution in [2.45, 2.75) is 12.5 Å². The number of carbonyl (C=O) groups is 1. The van der Waals surface area contributed by atoms with Crippen molar-refractivity contribution in [3.05, 3.63) is 60.0 Å². The lowest BCUT2D eigenvalue weighted by molar-refractivity contribution is 0.0856. The van der Waals surface area contributed by atoms with Gasteiger partial charge >= 0.3 is 0 Å². The first-order chi connectivity index (χ1) is 12.2. The van der Waals surface area contributed by atoms with Crippen LogP contribution in [0.1, 0.15) is 11.2 Å². The summed E-state index contributed by atoms with van der Waals surface area (Å²) in [6, 6.07) is 11.2. The summed E-state index contributed by atoms with van der Waals surface area (Å²) in [6.45, 7) is 2.00. The zero-order valence-electron chi connectivity index (χ0n) is 13.6. The van der Waals surface area contributed by atoms with Gasteiger partial charge in [-0.05, 0) is 42.8 Å². The Bertz CT molecular complexity index is 895. The second kappa shape index (κ2) is 6.86. The van der Waals surface area contributed by atoms with Gasteiger partial charge in [0.1, 0.15) is 11.9 Å². The minimum absolute atomic E-state index is 0.0683. The Balaban J connectivity index is 1.42. The number of hydrogen-bond donors (Lipinski definition) is 0. The van der Waals surface area contributed by atoms with Crippen molar-refractivity contribution in [2.24, 2.45) is 0 Å². The molecule has 128 valence electrons. The van der Waals surface area contributed by atoms with Crippen LogP contribution < -0.4 is 4.74 Å². The van der Waals surface area contributed by atoms with Gasteiger partial charge in [0, 0.05) is 42.1 Å². The van der Waals surface area contributed by atoms with E-state index in [2.05, 4.69) is 9.88 Å². The van der Waals surface area contributed by atoms with Crippen LogP contribution in [-0.4, -0.2) is 46.1 Å². The molecule has 0 aliphatic carbocycles. The Morgan fingerprint density at radius 3 is 2.96 bits per heavy atom. The molecule has 1 fully saturated rings. The molecular formula is C19H18ClN3O2. The van der Waals surface area contributed by atoms with Gasteiger partial charge in [0.25, 0.3) is 0 Å². The molecule has 0 amide bonds. The van der Waals surface area contributed by atoms with Crippen LogP contribution in [-0.2, 0) is 0 Å². The third-order valence-electron chi connectivity index (χ3n) is 4.44. The number of hydrogen-bond acceptors (Lipinski definition) is 4. The first-order valence-corrected chi connectivity index (χ1v) is 8.66. The third kappa shape index (κ3) is 3.52. The van der Waals surface area contributed by atoms with E-state index in [4.69, 9.17) is 16.3 Å². The number of halogens is 1. The smallest absolute Gasteiger partial charge is 0.244 e. The fourth-order valence-corrected chi connectivity index (χ4v) is 3.35. The highest BCUT2D eigenvalue weighted by atomic mass is 35.5. The molecule has 5 nitrogen and oxygen atoms in total. The molecule has 25 heavy (non-hydrogen) atoms. The molecule has 0 radical (unpaired) electrons. The van der Waals surface area contributed by atoms with E-state index in [1.807, 2.05) is 36.4 Å². The molecule has 2 aromatic heterocycles. The van der Waals surface area contributed by atoms with E-state index in [9.17, 15) is 4.79 Å². The lowest BCUT2D eigenvalue weighted by Gasteiger charge is -2.17. The van der Waals surface area contributed by atoms with Gasteiger partial charge in [0.15, 0.2) is 0 Å². The second-order valence-corrected chi connectivity index (χ2v) is 6.65. The van der Waals surface area contributed by atoms with Crippen molar-refractivity contribution in [2.75, 3.05) is 19.6 Å². The summed E-state index contributed by atoms with van der Waals surface area (Å²) in [5, 5.41) is 1.61. The topological polar surface area (TPSA) is 47.4 Å². The van der Waals surface area contributed by atoms with Crippen molar-refractivity contribution < 1.29 is 9.53 Å². The van der Waals surface area contributed by atoms with Crippen LogP contribution in [0.4, 0.5) is 0 Å². The highest BCUT2D eigenvalue weighted by molar-refractivity contribution is 6.31. The average Bonchev–Trinajstić information content (AvgIpc) is 3.27. The first kappa shape index (κ1) is 16.1. The SMILES string of the molecule is O=C(CN1CCC(Oc2ccnc3cc(Cl)ccc23)C1)n1cccc1. The van der Waals surface area contributed by atoms with E-state index in [1.54, 1.807) is 23.2 Å². The average molecular weight is 356 g/mol. The van der Waals surface area contributed by atoms with E-state index in [0.717, 1.165) is 36.2 Å². The second-order valence-electron chi connectivity index (χ2n) is 6.22. The fraction of sp³-hybridized carbons (Fsp3) is 0.263. The Hall–Kier alpha value is -2.37. The maximum atomic E-state index is 12.2. The number of ether oxygens (including phenoxy) is 1. The molecule has 1 aromatic carbocycles. The zero-order chi connectivity index (χ0) is 17.2. The van der Waals surface area contributed by atoms with Gasteiger partial charge < -0.3 is 4.74 Å². The maximum absolute atomic E-state index is 12.2. The van der Waals surface area contributed by atoms with Crippen LogP contribution in [0, 0.1) is 0 Å². The molecular weight excluding hydrogens is 338 g/mol. The van der Waals surface area contributed by atoms with E-state index in [-0.39, 0.29) is 12.0 Å². The van der Waals surface area contributed by atoms with Crippen molar-refractivity contribution >= 4 is 28.4 Å². The van der Waals surface area contributed by atoms with Crippen LogP contribution >= 0.6 is 11.6 Å². The molecule has 1 aliphatic rings. The molecule has 4 rings (SSSR count). The fourth-order valence-electron chi connectivity index (χ4n) is 3.19. The predicted molar refractivity (Wildman–Crippen MR) is 97.3 cm³/mol. The Labute approximate surface area is 150 Å². The Kier molecular flexibility index (Phi) is 4.42. The first-order valence-electron chi connectivity index (χ1n) is 8.28. The predicted octanol–water partition coefficient (Wildman–Crippen LogP) is 3.48. The van der Waals surface area contributed by atoms with Crippen molar-refractivity contribution in [1.82, 2.24) is 14.5 Å². The van der Waals surface area contributed by atoms with Gasteiger partial charge in [-0.25, -0.2) is 0 Å². The number of fused-ring (bicyclic) bond motifs is 1. The number of aromatic nitrogens is 2. The molecule has 0 spiro atoms. The maximum Gasteiger partial charge on any atom is 0.244 e. The summed E-state index contributed by atoms with van der Waals surface area (Å²) in [6.07, 6.45) is 6.26. The molecule has 0 saturated carbocycles. The number of pyridine rings is 1. The third-order valence-corrected chi connectivity index (χ3v) is 4.67. The summed E-state index contributed by atoms with van der Waals surface area (Å²) in [7, 11) is 0. The Morgan fingerprint density at radius 1 is 1.28 bits per heavy atom. The number of rotatable bonds is 4. The van der Waals surface area contributed by atoms with E-state index >= 15 is 0 Å². The largest absolute Gasteiger partial charge is 0.488 e. The molecule has 3 heterocycles. The number of nitrogens with zero attached hydrogens (tertiary/aromatic N) is 3. The van der Waals surface area contributed by atoms with E-state index in [0.29, 0.717) is 11.6 Å². The summed E-state index contributed by atoms with van der Waals surface area (Å²) in [4.78, 5) is 18.7. The number of likely N-dealkylation sites (tertiary alicyclic amines) is 1. The van der Waals surface area contributed by atoms with Crippen LogP contribution in [0.3, 0.4) is 0 Å². The van der Waals surface area contributed by atoms with Crippen LogP contribution in [0.5, 0.6) is 5.75 Å². The minimum Gasteiger partial charge on any atom is -0.488 e. The van der Waals surface area contributed by atoms with Gasteiger partial charge in [-0.2, -0.15) is 0 Å². The lowest BCUT2D eigenvalue weighted by Crippen LogP contribution is -2.32. The number of carbonyl (C=O) groups excluding carboxylic acids is 1. The minimum atomic E-state index is 0.0683. The zero-order valence-corrected chi connectivity index (χ0v) is 14.4. The quantitative estimate of drug-likeness (QED) is 0.718. The van der Waals surface area contributed by atoms with Crippen LogP contribution in [0.25, 0.3) is 10.9 Å². The summed E-state index contributed by atoms with van der Waals surface area (Å²) >= 11 is 6.03. The van der Waals surface area contributed by atoms with Crippen LogP contribution in [0.15, 0.2) is 55.0 Å². The van der Waals surface area contributed by atoms with Crippen molar-refractivity contribution in [3.8, 4) is 5.75 Å². The van der Waals surface area contributed by atoms with Gasteiger partial charge in [-0.1, -0.05) is 11.6 Å². The van der Waals surface area contributed by atoms with Gasteiger partial charge in [0.2, 0.25) is 5.91 Å². The molecule has 0 N–H and O–H groups in total. The highest BCUT2D eigenvalue weighted by Crippen LogP contribution is 2.28. The van der Waals surface area contributed by atoms with Crippen molar-refractivity contribution in [1.29, 1.82) is 0 Å². The summed E-state index contributed by atoms with van der Waals surface area (Å²) in [5.41, 5.74) is 0.822. The Morgan fingerprint density at radius 2 is 2.12 bits per heavy atom. The van der Waals surface area contributed by atoms with Crippen molar-refractivity contribution in [3.63, 3.8) is 0 Å². The van der Waals surface area contributed by atoms with Gasteiger partial charge in [-0.15, -0.1) is 0 Å². The molecule has 3 aromatic rings. The van der Waals surface area contributed by atoms with Gasteiger partial charge in [0.05, 0.1) is 12.1 Å². The van der Waals surface area contributed by atoms with E-state index < -0.39 is 0 Å². The molecule has 1 atom stereocenters.